The third-order valence-electron chi connectivity index (χ3n) is 7.92. The van der Waals surface area contributed by atoms with E-state index in [1.54, 1.807) is 18.3 Å². The minimum Gasteiger partial charge on any atom is -0.437 e. The Kier molecular flexibility index (Phi) is 9.02. The van der Waals surface area contributed by atoms with E-state index in [9.17, 15) is 4.79 Å². The van der Waals surface area contributed by atoms with Gasteiger partial charge in [-0.05, 0) is 74.3 Å². The van der Waals surface area contributed by atoms with Crippen LogP contribution < -0.4 is 20.3 Å². The molecule has 3 heterocycles. The van der Waals surface area contributed by atoms with Gasteiger partial charge in [0.15, 0.2) is 5.76 Å². The summed E-state index contributed by atoms with van der Waals surface area (Å²) in [4.78, 5) is 27.7. The number of rotatable bonds is 10. The van der Waals surface area contributed by atoms with Crippen molar-refractivity contribution in [3.8, 4) is 23.0 Å². The number of nitrogens with one attached hydrogen (secondary N) is 2. The Morgan fingerprint density at radius 1 is 0.933 bits per heavy atom. The number of nitrogens with zero attached hydrogens (tertiary/aromatic N) is 5. The third-order valence-corrected chi connectivity index (χ3v) is 7.92. The summed E-state index contributed by atoms with van der Waals surface area (Å²) in [6.45, 7) is 11.5. The molecule has 1 fully saturated rings. The molecule has 10 heteroatoms. The van der Waals surface area contributed by atoms with Crippen molar-refractivity contribution in [2.75, 3.05) is 48.3 Å². The number of hydrogen-bond donors (Lipinski definition) is 2. The van der Waals surface area contributed by atoms with Crippen molar-refractivity contribution in [3.05, 3.63) is 102 Å². The summed E-state index contributed by atoms with van der Waals surface area (Å²) in [6.07, 6.45) is 4.23. The molecule has 5 aromatic rings. The van der Waals surface area contributed by atoms with E-state index in [1.807, 2.05) is 62.4 Å². The largest absolute Gasteiger partial charge is 0.437 e. The SMILES string of the molecule is CCCN1CCN(c2ccc(Nc3ncc(C(=O)Nc4c(C)cccc4C)c(Oc4ccccc4-c4ccno4)n3)cc2)CC1. The summed E-state index contributed by atoms with van der Waals surface area (Å²) >= 11 is 0. The topological polar surface area (TPSA) is 109 Å². The smallest absolute Gasteiger partial charge is 0.262 e. The van der Waals surface area contributed by atoms with Crippen molar-refractivity contribution >= 4 is 28.9 Å². The molecule has 0 saturated carbocycles. The highest BCUT2D eigenvalue weighted by atomic mass is 16.5. The molecule has 1 aliphatic rings. The van der Waals surface area contributed by atoms with Gasteiger partial charge in [-0.15, -0.1) is 0 Å². The zero-order chi connectivity index (χ0) is 31.2. The summed E-state index contributed by atoms with van der Waals surface area (Å²) in [6, 6.07) is 23.2. The maximum Gasteiger partial charge on any atom is 0.262 e. The predicted octanol–water partition coefficient (Wildman–Crippen LogP) is 7.07. The van der Waals surface area contributed by atoms with E-state index in [0.717, 1.165) is 55.2 Å². The molecule has 1 aliphatic heterocycles. The number of benzene rings is 3. The van der Waals surface area contributed by atoms with Gasteiger partial charge in [0.05, 0.1) is 11.8 Å². The zero-order valence-corrected chi connectivity index (χ0v) is 25.8. The lowest BCUT2D eigenvalue weighted by molar-refractivity contribution is 0.102. The monoisotopic (exact) mass is 603 g/mol. The molecule has 230 valence electrons. The van der Waals surface area contributed by atoms with Crippen molar-refractivity contribution in [1.82, 2.24) is 20.0 Å². The third kappa shape index (κ3) is 6.97. The fourth-order valence-corrected chi connectivity index (χ4v) is 5.50. The van der Waals surface area contributed by atoms with E-state index in [0.29, 0.717) is 23.0 Å². The number of para-hydroxylation sites is 2. The molecule has 0 bridgehead atoms. The van der Waals surface area contributed by atoms with Gasteiger partial charge >= 0.3 is 0 Å². The maximum atomic E-state index is 13.6. The summed E-state index contributed by atoms with van der Waals surface area (Å²) < 4.78 is 11.7. The molecule has 0 radical (unpaired) electrons. The molecule has 1 amide bonds. The standard InChI is InChI=1S/C35H37N7O3/c1-4-18-41-19-21-42(22-20-41)27-14-12-26(13-15-27)38-35-36-23-29(33(43)39-32-24(2)8-7-9-25(32)3)34(40-35)44-30-11-6-5-10-28(30)31-16-17-37-45-31/h5-17,23H,4,18-22H2,1-3H3,(H,39,43)(H,36,38,40). The Hall–Kier alpha value is -5.22. The second-order valence-electron chi connectivity index (χ2n) is 11.1. The number of carbonyl (C=O) groups is 1. The number of ether oxygens (including phenoxy) is 1. The van der Waals surface area contributed by atoms with Gasteiger partial charge in [-0.1, -0.05) is 42.4 Å². The van der Waals surface area contributed by atoms with Crippen LogP contribution in [0.1, 0.15) is 34.8 Å². The molecule has 0 atom stereocenters. The molecule has 1 saturated heterocycles. The Labute approximate surface area is 263 Å². The molecule has 6 rings (SSSR count). The van der Waals surface area contributed by atoms with Gasteiger partial charge in [-0.25, -0.2) is 4.98 Å². The molecule has 10 nitrogen and oxygen atoms in total. The normalized spacial score (nSPS) is 13.4. The van der Waals surface area contributed by atoms with Crippen LogP contribution in [0.15, 0.2) is 89.7 Å². The van der Waals surface area contributed by atoms with Gasteiger partial charge in [-0.2, -0.15) is 4.98 Å². The highest BCUT2D eigenvalue weighted by molar-refractivity contribution is 6.06. The fraction of sp³-hybridized carbons (Fsp3) is 0.257. The van der Waals surface area contributed by atoms with Crippen molar-refractivity contribution in [3.63, 3.8) is 0 Å². The van der Waals surface area contributed by atoms with Crippen LogP contribution in [0.25, 0.3) is 11.3 Å². The summed E-state index contributed by atoms with van der Waals surface area (Å²) in [7, 11) is 0. The van der Waals surface area contributed by atoms with Crippen molar-refractivity contribution < 1.29 is 14.1 Å². The van der Waals surface area contributed by atoms with Gasteiger partial charge in [0.25, 0.3) is 5.91 Å². The summed E-state index contributed by atoms with van der Waals surface area (Å²) in [5, 5.41) is 10.1. The molecule has 2 aromatic heterocycles. The van der Waals surface area contributed by atoms with Gasteiger partial charge in [0, 0.05) is 55.5 Å². The Morgan fingerprint density at radius 3 is 2.40 bits per heavy atom. The summed E-state index contributed by atoms with van der Waals surface area (Å²) in [5.74, 6) is 1.01. The molecule has 45 heavy (non-hydrogen) atoms. The minimum absolute atomic E-state index is 0.102. The fourth-order valence-electron chi connectivity index (χ4n) is 5.50. The Balaban J connectivity index is 1.26. The van der Waals surface area contributed by atoms with Crippen LogP contribution in [-0.4, -0.2) is 58.7 Å². The number of aromatic nitrogens is 3. The lowest BCUT2D eigenvalue weighted by atomic mass is 10.1. The van der Waals surface area contributed by atoms with Crippen LogP contribution in [-0.2, 0) is 0 Å². The number of amides is 1. The highest BCUT2D eigenvalue weighted by Gasteiger charge is 2.21. The highest BCUT2D eigenvalue weighted by Crippen LogP contribution is 2.34. The van der Waals surface area contributed by atoms with Crippen LogP contribution in [0.2, 0.25) is 0 Å². The molecule has 0 unspecified atom stereocenters. The van der Waals surface area contributed by atoms with E-state index >= 15 is 0 Å². The second kappa shape index (κ2) is 13.6. The number of aryl methyl sites for hydroxylation is 2. The molecule has 2 N–H and O–H groups in total. The molecule has 3 aromatic carbocycles. The maximum absolute atomic E-state index is 13.6. The van der Waals surface area contributed by atoms with E-state index in [2.05, 4.69) is 54.6 Å². The van der Waals surface area contributed by atoms with Crippen molar-refractivity contribution in [2.45, 2.75) is 27.2 Å². The predicted molar refractivity (Wildman–Crippen MR) is 177 cm³/mol. The van der Waals surface area contributed by atoms with E-state index in [1.165, 1.54) is 18.3 Å². The Morgan fingerprint density at radius 2 is 1.69 bits per heavy atom. The van der Waals surface area contributed by atoms with E-state index < -0.39 is 0 Å². The average Bonchev–Trinajstić information content (AvgIpc) is 3.59. The minimum atomic E-state index is -0.380. The van der Waals surface area contributed by atoms with Gasteiger partial charge in [0.2, 0.25) is 11.8 Å². The van der Waals surface area contributed by atoms with Crippen molar-refractivity contribution in [2.24, 2.45) is 0 Å². The number of piperazine rings is 1. The number of anilines is 4. The lowest BCUT2D eigenvalue weighted by Crippen LogP contribution is -2.46. The first kappa shape index (κ1) is 29.8. The molecular formula is C35H37N7O3. The van der Waals surface area contributed by atoms with Gasteiger partial charge in [0.1, 0.15) is 11.3 Å². The number of carbonyl (C=O) groups excluding carboxylic acids is 1. The van der Waals surface area contributed by atoms with Crippen LogP contribution >= 0.6 is 0 Å². The van der Waals surface area contributed by atoms with Crippen LogP contribution in [0.4, 0.5) is 23.0 Å². The molecule has 0 spiro atoms. The first-order chi connectivity index (χ1) is 22.0. The molecular weight excluding hydrogens is 566 g/mol. The van der Waals surface area contributed by atoms with Crippen molar-refractivity contribution in [1.29, 1.82) is 0 Å². The van der Waals surface area contributed by atoms with E-state index in [-0.39, 0.29) is 17.4 Å². The zero-order valence-electron chi connectivity index (χ0n) is 25.8. The van der Waals surface area contributed by atoms with Crippen LogP contribution in [0, 0.1) is 13.8 Å². The summed E-state index contributed by atoms with van der Waals surface area (Å²) in [5.41, 5.74) is 5.51. The second-order valence-corrected chi connectivity index (χ2v) is 11.1. The first-order valence-electron chi connectivity index (χ1n) is 15.3. The van der Waals surface area contributed by atoms with Crippen LogP contribution in [0.3, 0.4) is 0 Å². The number of hydrogen-bond acceptors (Lipinski definition) is 9. The van der Waals surface area contributed by atoms with Gasteiger partial charge < -0.3 is 24.8 Å². The quantitative estimate of drug-likeness (QED) is 0.173. The Bertz CT molecular complexity index is 1730. The average molecular weight is 604 g/mol. The lowest BCUT2D eigenvalue weighted by Gasteiger charge is -2.36. The van der Waals surface area contributed by atoms with E-state index in [4.69, 9.17) is 9.26 Å². The van der Waals surface area contributed by atoms with Crippen LogP contribution in [0.5, 0.6) is 11.6 Å². The molecule has 0 aliphatic carbocycles. The van der Waals surface area contributed by atoms with Gasteiger partial charge in [-0.3, -0.25) is 9.69 Å². The first-order valence-corrected chi connectivity index (χ1v) is 15.3.